The Morgan fingerprint density at radius 1 is 1.48 bits per heavy atom. The molecule has 1 aromatic heterocycles. The number of hydrogen-bond donors (Lipinski definition) is 0. The summed E-state index contributed by atoms with van der Waals surface area (Å²) in [5.74, 6) is 0.188. The van der Waals surface area contributed by atoms with Crippen molar-refractivity contribution in [3.63, 3.8) is 0 Å². The zero-order valence-electron chi connectivity index (χ0n) is 14.4. The molecule has 0 aromatic carbocycles. The van der Waals surface area contributed by atoms with Gasteiger partial charge in [-0.25, -0.2) is 4.79 Å². The van der Waals surface area contributed by atoms with Crippen LogP contribution in [0.5, 0.6) is 0 Å². The van der Waals surface area contributed by atoms with Crippen molar-refractivity contribution >= 4 is 12.0 Å². The van der Waals surface area contributed by atoms with Gasteiger partial charge in [0.2, 0.25) is 5.91 Å². The first kappa shape index (κ1) is 17.3. The number of carbonyl (C=O) groups is 2. The summed E-state index contributed by atoms with van der Waals surface area (Å²) in [7, 11) is 0. The number of aryl methyl sites for hydroxylation is 1. The molecule has 1 aliphatic heterocycles. The van der Waals surface area contributed by atoms with E-state index >= 15 is 0 Å². The summed E-state index contributed by atoms with van der Waals surface area (Å²) in [4.78, 5) is 27.7. The van der Waals surface area contributed by atoms with E-state index in [1.807, 2.05) is 38.6 Å². The van der Waals surface area contributed by atoms with Crippen LogP contribution in [0.3, 0.4) is 0 Å². The van der Waals surface area contributed by atoms with E-state index in [0.717, 1.165) is 12.1 Å². The van der Waals surface area contributed by atoms with Crippen LogP contribution in [0, 0.1) is 5.92 Å². The minimum atomic E-state index is -0.396. The standard InChI is InChI=1S/C16H26N4O3/c1-5-18(8-13-7-17-19(6-2)9-13)15(21)10-20-14(12(3)4)11-23-16(20)22/h7,9,12,14H,5-6,8,10-11H2,1-4H3/t14-/m1/s1. The zero-order valence-corrected chi connectivity index (χ0v) is 14.4. The Hall–Kier alpha value is -2.05. The Labute approximate surface area is 137 Å². The van der Waals surface area contributed by atoms with Crippen LogP contribution in [0.4, 0.5) is 4.79 Å². The lowest BCUT2D eigenvalue weighted by Gasteiger charge is -2.27. The summed E-state index contributed by atoms with van der Waals surface area (Å²) in [6, 6.07) is -0.0343. The summed E-state index contributed by atoms with van der Waals surface area (Å²) in [6.07, 6.45) is 3.32. The van der Waals surface area contributed by atoms with Crippen LogP contribution in [-0.4, -0.2) is 57.3 Å². The number of ether oxygens (including phenoxy) is 1. The highest BCUT2D eigenvalue weighted by molar-refractivity contribution is 5.83. The van der Waals surface area contributed by atoms with Gasteiger partial charge in [-0.3, -0.25) is 14.4 Å². The van der Waals surface area contributed by atoms with Crippen molar-refractivity contribution in [3.05, 3.63) is 18.0 Å². The first-order valence-corrected chi connectivity index (χ1v) is 8.18. The predicted octanol–water partition coefficient (Wildman–Crippen LogP) is 1.73. The fourth-order valence-electron chi connectivity index (χ4n) is 2.70. The first-order chi connectivity index (χ1) is 11.0. The molecule has 7 heteroatoms. The van der Waals surface area contributed by atoms with E-state index in [-0.39, 0.29) is 24.4 Å². The number of carbonyl (C=O) groups excluding carboxylic acids is 2. The molecule has 128 valence electrons. The van der Waals surface area contributed by atoms with Crippen LogP contribution in [0.15, 0.2) is 12.4 Å². The molecule has 0 spiro atoms. The second-order valence-electron chi connectivity index (χ2n) is 6.13. The van der Waals surface area contributed by atoms with Crippen molar-refractivity contribution < 1.29 is 14.3 Å². The third-order valence-corrected chi connectivity index (χ3v) is 4.21. The van der Waals surface area contributed by atoms with Gasteiger partial charge < -0.3 is 9.64 Å². The molecule has 7 nitrogen and oxygen atoms in total. The SMILES string of the molecule is CCN(Cc1cnn(CC)c1)C(=O)CN1C(=O)OC[C@@H]1C(C)C. The van der Waals surface area contributed by atoms with Crippen LogP contribution in [0.1, 0.15) is 33.3 Å². The third-order valence-electron chi connectivity index (χ3n) is 4.21. The van der Waals surface area contributed by atoms with Crippen molar-refractivity contribution in [2.24, 2.45) is 5.92 Å². The van der Waals surface area contributed by atoms with Crippen molar-refractivity contribution in [1.82, 2.24) is 19.6 Å². The van der Waals surface area contributed by atoms with Gasteiger partial charge in [0.1, 0.15) is 13.2 Å². The van der Waals surface area contributed by atoms with E-state index in [1.54, 1.807) is 16.0 Å². The van der Waals surface area contributed by atoms with Gasteiger partial charge in [0.05, 0.1) is 12.2 Å². The quantitative estimate of drug-likeness (QED) is 0.767. The van der Waals surface area contributed by atoms with Crippen molar-refractivity contribution in [2.45, 2.75) is 46.8 Å². The molecule has 2 heterocycles. The number of cyclic esters (lactones) is 1. The number of nitrogens with zero attached hydrogens (tertiary/aromatic N) is 4. The maximum atomic E-state index is 12.6. The van der Waals surface area contributed by atoms with E-state index in [9.17, 15) is 9.59 Å². The monoisotopic (exact) mass is 322 g/mol. The van der Waals surface area contributed by atoms with Gasteiger partial charge in [0.15, 0.2) is 0 Å². The largest absolute Gasteiger partial charge is 0.447 e. The molecule has 2 amide bonds. The molecule has 0 unspecified atom stereocenters. The number of aromatic nitrogens is 2. The number of amides is 2. The lowest BCUT2D eigenvalue weighted by atomic mass is 10.0. The molecule has 0 saturated carbocycles. The lowest BCUT2D eigenvalue weighted by molar-refractivity contribution is -0.132. The first-order valence-electron chi connectivity index (χ1n) is 8.18. The molecule has 0 radical (unpaired) electrons. The second-order valence-corrected chi connectivity index (χ2v) is 6.13. The zero-order chi connectivity index (χ0) is 17.0. The second kappa shape index (κ2) is 7.48. The Morgan fingerprint density at radius 2 is 2.22 bits per heavy atom. The van der Waals surface area contributed by atoms with Crippen molar-refractivity contribution in [3.8, 4) is 0 Å². The average Bonchev–Trinajstić information content (AvgIpc) is 3.12. The molecule has 1 aromatic rings. The molecule has 1 aliphatic rings. The Morgan fingerprint density at radius 3 is 2.78 bits per heavy atom. The molecule has 23 heavy (non-hydrogen) atoms. The fourth-order valence-corrected chi connectivity index (χ4v) is 2.70. The smallest absolute Gasteiger partial charge is 0.410 e. The maximum absolute atomic E-state index is 12.6. The van der Waals surface area contributed by atoms with E-state index in [4.69, 9.17) is 4.74 Å². The topological polar surface area (TPSA) is 67.7 Å². The Bertz CT molecular complexity index is 555. The van der Waals surface area contributed by atoms with Crippen LogP contribution in [-0.2, 0) is 22.6 Å². The van der Waals surface area contributed by atoms with Crippen LogP contribution < -0.4 is 0 Å². The fraction of sp³-hybridized carbons (Fsp3) is 0.688. The Kier molecular flexibility index (Phi) is 5.63. The van der Waals surface area contributed by atoms with E-state index < -0.39 is 6.09 Å². The molecule has 1 saturated heterocycles. The van der Waals surface area contributed by atoms with Gasteiger partial charge >= 0.3 is 6.09 Å². The molecular formula is C16H26N4O3. The minimum absolute atomic E-state index is 0.0343. The molecule has 1 atom stereocenters. The van der Waals surface area contributed by atoms with Crippen LogP contribution in [0.25, 0.3) is 0 Å². The van der Waals surface area contributed by atoms with Crippen LogP contribution in [0.2, 0.25) is 0 Å². The van der Waals surface area contributed by atoms with Gasteiger partial charge in [-0.1, -0.05) is 13.8 Å². The molecular weight excluding hydrogens is 296 g/mol. The summed E-state index contributed by atoms with van der Waals surface area (Å²) in [6.45, 7) is 10.3. The molecule has 0 N–H and O–H groups in total. The number of hydrogen-bond acceptors (Lipinski definition) is 4. The normalized spacial score (nSPS) is 17.7. The van der Waals surface area contributed by atoms with Gasteiger partial charge in [-0.2, -0.15) is 5.10 Å². The highest BCUT2D eigenvalue weighted by Crippen LogP contribution is 2.19. The summed E-state index contributed by atoms with van der Waals surface area (Å²) < 4.78 is 6.93. The minimum Gasteiger partial charge on any atom is -0.447 e. The van der Waals surface area contributed by atoms with Gasteiger partial charge in [0, 0.05) is 31.4 Å². The van der Waals surface area contributed by atoms with E-state index in [2.05, 4.69) is 5.10 Å². The average molecular weight is 322 g/mol. The highest BCUT2D eigenvalue weighted by atomic mass is 16.6. The molecule has 0 bridgehead atoms. The summed E-state index contributed by atoms with van der Waals surface area (Å²) in [5, 5.41) is 4.23. The third kappa shape index (κ3) is 4.03. The predicted molar refractivity (Wildman–Crippen MR) is 85.7 cm³/mol. The van der Waals surface area contributed by atoms with E-state index in [0.29, 0.717) is 19.7 Å². The van der Waals surface area contributed by atoms with E-state index in [1.165, 1.54) is 0 Å². The van der Waals surface area contributed by atoms with Gasteiger partial charge in [-0.05, 0) is 19.8 Å². The summed E-state index contributed by atoms with van der Waals surface area (Å²) in [5.41, 5.74) is 0.992. The molecule has 0 aliphatic carbocycles. The summed E-state index contributed by atoms with van der Waals surface area (Å²) >= 11 is 0. The highest BCUT2D eigenvalue weighted by Gasteiger charge is 2.36. The maximum Gasteiger partial charge on any atom is 0.410 e. The number of likely N-dealkylation sites (N-methyl/N-ethyl adjacent to an activating group) is 1. The Balaban J connectivity index is 2.00. The van der Waals surface area contributed by atoms with Gasteiger partial charge in [0.25, 0.3) is 0 Å². The van der Waals surface area contributed by atoms with Gasteiger partial charge in [-0.15, -0.1) is 0 Å². The lowest BCUT2D eigenvalue weighted by Crippen LogP contribution is -2.45. The van der Waals surface area contributed by atoms with Crippen LogP contribution >= 0.6 is 0 Å². The molecule has 1 fully saturated rings. The van der Waals surface area contributed by atoms with Crippen molar-refractivity contribution in [2.75, 3.05) is 19.7 Å². The molecule has 2 rings (SSSR count). The van der Waals surface area contributed by atoms with Crippen molar-refractivity contribution in [1.29, 1.82) is 0 Å². The number of rotatable bonds is 7.